The Morgan fingerprint density at radius 2 is 1.93 bits per heavy atom. The number of benzene rings is 2. The molecule has 3 rings (SSSR count). The second-order valence-electron chi connectivity index (χ2n) is 7.66. The molecule has 1 saturated heterocycles. The van der Waals surface area contributed by atoms with Crippen molar-refractivity contribution >= 4 is 11.6 Å². The highest BCUT2D eigenvalue weighted by Gasteiger charge is 2.19. The van der Waals surface area contributed by atoms with Crippen LogP contribution in [0.4, 0.5) is 0 Å². The maximum absolute atomic E-state index is 10.2. The second kappa shape index (κ2) is 11.5. The van der Waals surface area contributed by atoms with Gasteiger partial charge < -0.3 is 25.2 Å². The van der Waals surface area contributed by atoms with Gasteiger partial charge in [-0.2, -0.15) is 0 Å². The quantitative estimate of drug-likeness (QED) is 0.518. The number of aliphatic hydroxyl groups is 2. The van der Waals surface area contributed by atoms with Crippen molar-refractivity contribution in [1.29, 1.82) is 0 Å². The van der Waals surface area contributed by atoms with Crippen LogP contribution in [0.15, 0.2) is 48.5 Å². The van der Waals surface area contributed by atoms with Crippen molar-refractivity contribution in [2.75, 3.05) is 32.8 Å². The van der Waals surface area contributed by atoms with Crippen molar-refractivity contribution in [1.82, 2.24) is 10.2 Å². The lowest BCUT2D eigenvalue weighted by molar-refractivity contribution is 0.0337. The fourth-order valence-electron chi connectivity index (χ4n) is 3.55. The van der Waals surface area contributed by atoms with Crippen molar-refractivity contribution < 1.29 is 14.9 Å². The van der Waals surface area contributed by atoms with Gasteiger partial charge in [-0.1, -0.05) is 41.9 Å². The summed E-state index contributed by atoms with van der Waals surface area (Å²) in [5, 5.41) is 24.1. The van der Waals surface area contributed by atoms with Crippen molar-refractivity contribution in [3.63, 3.8) is 0 Å². The number of likely N-dealkylation sites (tertiary alicyclic amines) is 1. The summed E-state index contributed by atoms with van der Waals surface area (Å²) in [4.78, 5) is 2.18. The Morgan fingerprint density at radius 3 is 2.72 bits per heavy atom. The number of nitrogens with zero attached hydrogens (tertiary/aromatic N) is 1. The predicted molar refractivity (Wildman–Crippen MR) is 116 cm³/mol. The molecule has 1 fully saturated rings. The first-order chi connectivity index (χ1) is 14.1. The van der Waals surface area contributed by atoms with Gasteiger partial charge in [0.25, 0.3) is 0 Å². The van der Waals surface area contributed by atoms with Gasteiger partial charge in [0.05, 0.1) is 6.10 Å². The molecule has 1 heterocycles. The smallest absolute Gasteiger partial charge is 0.119 e. The average molecular weight is 419 g/mol. The first-order valence-electron chi connectivity index (χ1n) is 10.3. The van der Waals surface area contributed by atoms with Gasteiger partial charge in [-0.3, -0.25) is 0 Å². The van der Waals surface area contributed by atoms with E-state index < -0.39 is 6.10 Å². The Labute approximate surface area is 178 Å². The monoisotopic (exact) mass is 418 g/mol. The summed E-state index contributed by atoms with van der Waals surface area (Å²) in [5.41, 5.74) is 2.29. The summed E-state index contributed by atoms with van der Waals surface area (Å²) in [6, 6.07) is 15.9. The highest BCUT2D eigenvalue weighted by atomic mass is 35.5. The minimum Gasteiger partial charge on any atom is -0.491 e. The van der Waals surface area contributed by atoms with E-state index in [2.05, 4.69) is 22.3 Å². The van der Waals surface area contributed by atoms with E-state index in [1.54, 1.807) is 0 Å². The van der Waals surface area contributed by atoms with Gasteiger partial charge in [0.1, 0.15) is 18.5 Å². The lowest BCUT2D eigenvalue weighted by Crippen LogP contribution is -2.41. The fourth-order valence-corrected chi connectivity index (χ4v) is 3.78. The molecule has 158 valence electrons. The number of β-amino-alcohol motifs (C(OH)–C–C–N with tert-alkyl or cyclic N) is 1. The number of hydrogen-bond acceptors (Lipinski definition) is 5. The zero-order valence-corrected chi connectivity index (χ0v) is 17.5. The zero-order valence-electron chi connectivity index (χ0n) is 16.8. The number of aliphatic hydroxyl groups excluding tert-OH is 2. The van der Waals surface area contributed by atoms with Crippen LogP contribution in [-0.4, -0.2) is 60.1 Å². The molecule has 2 aromatic rings. The molecular formula is C23H31ClN2O3. The standard InChI is InChI=1S/C23H31ClN2O3/c24-23-7-2-1-5-19(23)8-11-25-15-18-4-3-6-22(14-18)29-17-21(28)16-26-12-9-20(27)10-13-26/h1-7,14,20-21,25,27-28H,8-13,15-17H2/t21-/m1/s1. The summed E-state index contributed by atoms with van der Waals surface area (Å²) in [5.74, 6) is 0.767. The Balaban J connectivity index is 1.37. The number of halogens is 1. The molecule has 0 aliphatic carbocycles. The first-order valence-corrected chi connectivity index (χ1v) is 10.7. The van der Waals surface area contributed by atoms with Crippen LogP contribution in [0, 0.1) is 0 Å². The topological polar surface area (TPSA) is 65.0 Å². The third kappa shape index (κ3) is 7.61. The van der Waals surface area contributed by atoms with Crippen LogP contribution in [0.5, 0.6) is 5.75 Å². The van der Waals surface area contributed by atoms with Crippen molar-refractivity contribution in [3.8, 4) is 5.75 Å². The Kier molecular flexibility index (Phi) is 8.77. The molecule has 0 bridgehead atoms. The molecule has 0 spiro atoms. The highest BCUT2D eigenvalue weighted by molar-refractivity contribution is 6.31. The molecule has 0 unspecified atom stereocenters. The lowest BCUT2D eigenvalue weighted by atomic mass is 10.1. The molecule has 0 saturated carbocycles. The van der Waals surface area contributed by atoms with Gasteiger partial charge in [0, 0.05) is 31.2 Å². The van der Waals surface area contributed by atoms with Crippen LogP contribution in [0.25, 0.3) is 0 Å². The van der Waals surface area contributed by atoms with E-state index in [1.165, 1.54) is 0 Å². The third-order valence-corrected chi connectivity index (χ3v) is 5.59. The van der Waals surface area contributed by atoms with E-state index in [4.69, 9.17) is 16.3 Å². The Hall–Kier alpha value is -1.63. The van der Waals surface area contributed by atoms with E-state index in [9.17, 15) is 10.2 Å². The van der Waals surface area contributed by atoms with E-state index in [0.29, 0.717) is 6.54 Å². The van der Waals surface area contributed by atoms with E-state index >= 15 is 0 Å². The number of nitrogens with one attached hydrogen (secondary N) is 1. The van der Waals surface area contributed by atoms with Gasteiger partial charge in [-0.25, -0.2) is 0 Å². The SMILES string of the molecule is OC1CCN(C[C@@H](O)COc2cccc(CNCCc3ccccc3Cl)c2)CC1. The van der Waals surface area contributed by atoms with Gasteiger partial charge in [0.2, 0.25) is 0 Å². The minimum atomic E-state index is -0.539. The number of ether oxygens (including phenoxy) is 1. The highest BCUT2D eigenvalue weighted by Crippen LogP contribution is 2.16. The number of piperidine rings is 1. The van der Waals surface area contributed by atoms with Crippen LogP contribution in [0.3, 0.4) is 0 Å². The summed E-state index contributed by atoms with van der Waals surface area (Å²) in [6.45, 7) is 4.10. The average Bonchev–Trinajstić information content (AvgIpc) is 2.73. The molecule has 6 heteroatoms. The Morgan fingerprint density at radius 1 is 1.14 bits per heavy atom. The zero-order chi connectivity index (χ0) is 20.5. The van der Waals surface area contributed by atoms with Crippen LogP contribution in [0.2, 0.25) is 5.02 Å². The van der Waals surface area contributed by atoms with Gasteiger partial charge >= 0.3 is 0 Å². The normalized spacial score (nSPS) is 16.7. The van der Waals surface area contributed by atoms with E-state index in [-0.39, 0.29) is 12.7 Å². The van der Waals surface area contributed by atoms with Crippen molar-refractivity contribution in [2.24, 2.45) is 0 Å². The molecule has 0 radical (unpaired) electrons. The van der Waals surface area contributed by atoms with E-state index in [1.807, 2.05) is 36.4 Å². The molecule has 1 aliphatic heterocycles. The minimum absolute atomic E-state index is 0.194. The van der Waals surface area contributed by atoms with Gasteiger partial charge in [0.15, 0.2) is 0 Å². The first kappa shape index (κ1) is 22.1. The largest absolute Gasteiger partial charge is 0.491 e. The maximum Gasteiger partial charge on any atom is 0.119 e. The molecule has 3 N–H and O–H groups in total. The third-order valence-electron chi connectivity index (χ3n) is 5.22. The van der Waals surface area contributed by atoms with Crippen LogP contribution < -0.4 is 10.1 Å². The van der Waals surface area contributed by atoms with Crippen LogP contribution >= 0.6 is 11.6 Å². The summed E-state index contributed by atoms with van der Waals surface area (Å²) in [7, 11) is 0. The Bertz CT molecular complexity index is 750. The van der Waals surface area contributed by atoms with Crippen molar-refractivity contribution in [3.05, 3.63) is 64.7 Å². The number of hydrogen-bond donors (Lipinski definition) is 3. The summed E-state index contributed by atoms with van der Waals surface area (Å²) >= 11 is 6.19. The molecule has 1 atom stereocenters. The second-order valence-corrected chi connectivity index (χ2v) is 8.07. The van der Waals surface area contributed by atoms with Gasteiger partial charge in [-0.15, -0.1) is 0 Å². The van der Waals surface area contributed by atoms with E-state index in [0.717, 1.165) is 67.3 Å². The lowest BCUT2D eigenvalue weighted by Gasteiger charge is -2.30. The predicted octanol–water partition coefficient (Wildman–Crippen LogP) is 2.87. The maximum atomic E-state index is 10.2. The summed E-state index contributed by atoms with van der Waals surface area (Å²) < 4.78 is 5.79. The van der Waals surface area contributed by atoms with Crippen LogP contribution in [-0.2, 0) is 13.0 Å². The fraction of sp³-hybridized carbons (Fsp3) is 0.478. The molecule has 0 aromatic heterocycles. The molecule has 5 nitrogen and oxygen atoms in total. The van der Waals surface area contributed by atoms with Crippen molar-refractivity contribution in [2.45, 2.75) is 38.0 Å². The molecular weight excluding hydrogens is 388 g/mol. The molecule has 0 amide bonds. The number of rotatable bonds is 10. The van der Waals surface area contributed by atoms with Gasteiger partial charge in [-0.05, 0) is 55.1 Å². The molecule has 29 heavy (non-hydrogen) atoms. The molecule has 1 aliphatic rings. The summed E-state index contributed by atoms with van der Waals surface area (Å²) in [6.07, 6.45) is 1.71. The van der Waals surface area contributed by atoms with Crippen LogP contribution in [0.1, 0.15) is 24.0 Å². The molecule has 2 aromatic carbocycles.